The molecule has 1 amide bonds. The molecule has 0 unspecified atom stereocenters. The number of benzene rings is 1. The summed E-state index contributed by atoms with van der Waals surface area (Å²) in [5, 5.41) is 6.55. The Balaban J connectivity index is 1.49. The molecule has 0 atom stereocenters. The van der Waals surface area contributed by atoms with E-state index < -0.39 is 10.0 Å². The maximum atomic E-state index is 12.6. The predicted molar refractivity (Wildman–Crippen MR) is 98.6 cm³/mol. The third kappa shape index (κ3) is 3.90. The van der Waals surface area contributed by atoms with E-state index in [0.717, 1.165) is 28.9 Å². The number of rotatable bonds is 7. The molecule has 1 N–H and O–H groups in total. The molecule has 0 radical (unpaired) electrons. The minimum Gasteiger partial charge on any atom is -0.361 e. The highest BCUT2D eigenvalue weighted by molar-refractivity contribution is 7.92. The molecule has 0 spiro atoms. The molecular weight excluding hydrogens is 354 g/mol. The smallest absolute Gasteiger partial charge is 0.236 e. The van der Waals surface area contributed by atoms with Gasteiger partial charge in [0.05, 0.1) is 17.1 Å². The summed E-state index contributed by atoms with van der Waals surface area (Å²) in [6, 6.07) is 7.51. The monoisotopic (exact) mass is 377 g/mol. The molecule has 0 bridgehead atoms. The molecule has 7 nitrogen and oxygen atoms in total. The number of para-hydroxylation sites is 1. The normalized spacial score (nSPS) is 13.7. The first-order valence-electron chi connectivity index (χ1n) is 8.65. The number of anilines is 1. The number of carbonyl (C=O) groups excluding carboxylic acids is 1. The van der Waals surface area contributed by atoms with E-state index in [0.29, 0.717) is 18.7 Å². The second-order valence-corrected chi connectivity index (χ2v) is 8.43. The Hall–Kier alpha value is -2.35. The summed E-state index contributed by atoms with van der Waals surface area (Å²) < 4.78 is 31.6. The second kappa shape index (κ2) is 7.49. The Kier molecular flexibility index (Phi) is 5.31. The second-order valence-electron chi connectivity index (χ2n) is 6.42. The fourth-order valence-electron chi connectivity index (χ4n) is 3.21. The molecule has 1 aromatic carbocycles. The van der Waals surface area contributed by atoms with Crippen molar-refractivity contribution in [1.29, 1.82) is 0 Å². The lowest BCUT2D eigenvalue weighted by molar-refractivity contribution is -0.120. The van der Waals surface area contributed by atoms with Crippen LogP contribution in [0.25, 0.3) is 0 Å². The van der Waals surface area contributed by atoms with Crippen molar-refractivity contribution in [3.8, 4) is 0 Å². The molecule has 1 aliphatic rings. The highest BCUT2D eigenvalue weighted by atomic mass is 32.2. The summed E-state index contributed by atoms with van der Waals surface area (Å²) in [6.45, 7) is 4.21. The Bertz CT molecular complexity index is 885. The zero-order valence-electron chi connectivity index (χ0n) is 15.0. The molecule has 1 aromatic heterocycles. The number of fused-ring (bicyclic) bond motifs is 1. The molecule has 0 saturated carbocycles. The zero-order valence-corrected chi connectivity index (χ0v) is 15.8. The van der Waals surface area contributed by atoms with E-state index in [9.17, 15) is 13.2 Å². The molecule has 140 valence electrons. The molecule has 26 heavy (non-hydrogen) atoms. The van der Waals surface area contributed by atoms with Gasteiger partial charge >= 0.3 is 0 Å². The Morgan fingerprint density at radius 2 is 2.08 bits per heavy atom. The summed E-state index contributed by atoms with van der Waals surface area (Å²) in [5.41, 5.74) is 3.50. The topological polar surface area (TPSA) is 92.5 Å². The number of carbonyl (C=O) groups is 1. The van der Waals surface area contributed by atoms with E-state index in [4.69, 9.17) is 4.52 Å². The van der Waals surface area contributed by atoms with Crippen molar-refractivity contribution in [2.45, 2.75) is 33.1 Å². The third-order valence-electron chi connectivity index (χ3n) is 4.65. The van der Waals surface area contributed by atoms with E-state index in [1.165, 1.54) is 4.31 Å². The van der Waals surface area contributed by atoms with E-state index in [1.54, 1.807) is 0 Å². The molecule has 3 rings (SSSR count). The van der Waals surface area contributed by atoms with Crippen LogP contribution in [0.5, 0.6) is 0 Å². The van der Waals surface area contributed by atoms with E-state index >= 15 is 0 Å². The minimum absolute atomic E-state index is 0.0986. The Morgan fingerprint density at radius 1 is 1.31 bits per heavy atom. The number of aryl methyl sites for hydroxylation is 2. The number of aromatic nitrogens is 1. The van der Waals surface area contributed by atoms with Crippen LogP contribution >= 0.6 is 0 Å². The van der Waals surface area contributed by atoms with Crippen LogP contribution in [0.1, 0.15) is 29.0 Å². The van der Waals surface area contributed by atoms with Crippen molar-refractivity contribution in [2.75, 3.05) is 23.1 Å². The average Bonchev–Trinajstić information content (AvgIpc) is 3.17. The predicted octanol–water partition coefficient (Wildman–Crippen LogP) is 1.73. The zero-order chi connectivity index (χ0) is 18.7. The quantitative estimate of drug-likeness (QED) is 0.793. The van der Waals surface area contributed by atoms with Gasteiger partial charge < -0.3 is 9.84 Å². The summed E-state index contributed by atoms with van der Waals surface area (Å²) in [7, 11) is -3.45. The number of nitrogens with one attached hydrogen (secondary N) is 1. The maximum absolute atomic E-state index is 12.6. The van der Waals surface area contributed by atoms with Gasteiger partial charge in [-0.15, -0.1) is 0 Å². The molecular formula is C18H23N3O4S. The standard InChI is InChI=1S/C18H23N3O4S/c1-13-16(14(2)25-20-13)7-8-18(22)19-10-12-26(23,24)21-11-9-15-5-3-4-6-17(15)21/h3-6H,7-12H2,1-2H3,(H,19,22). The highest BCUT2D eigenvalue weighted by Gasteiger charge is 2.28. The molecule has 1 aliphatic heterocycles. The van der Waals surface area contributed by atoms with Gasteiger partial charge in [0.15, 0.2) is 0 Å². The van der Waals surface area contributed by atoms with Gasteiger partial charge in [-0.05, 0) is 38.3 Å². The summed E-state index contributed by atoms with van der Waals surface area (Å²) in [4.78, 5) is 12.0. The van der Waals surface area contributed by atoms with Crippen LogP contribution in [0, 0.1) is 13.8 Å². The molecule has 2 heterocycles. The van der Waals surface area contributed by atoms with Crippen LogP contribution in [0.3, 0.4) is 0 Å². The molecule has 0 fully saturated rings. The fraction of sp³-hybridized carbons (Fsp3) is 0.444. The fourth-order valence-corrected chi connectivity index (χ4v) is 4.64. The first-order chi connectivity index (χ1) is 12.4. The number of hydrogen-bond donors (Lipinski definition) is 1. The molecule has 2 aromatic rings. The van der Waals surface area contributed by atoms with Crippen molar-refractivity contribution in [1.82, 2.24) is 10.5 Å². The summed E-state index contributed by atoms with van der Waals surface area (Å²) in [6.07, 6.45) is 1.52. The number of hydrogen-bond acceptors (Lipinski definition) is 5. The van der Waals surface area contributed by atoms with Gasteiger partial charge in [0, 0.05) is 25.1 Å². The Labute approximate surface area is 153 Å². The third-order valence-corrected chi connectivity index (χ3v) is 6.42. The molecule has 0 saturated heterocycles. The van der Waals surface area contributed by atoms with Gasteiger partial charge in [0.1, 0.15) is 5.76 Å². The van der Waals surface area contributed by atoms with Gasteiger partial charge in [-0.2, -0.15) is 0 Å². The Morgan fingerprint density at radius 3 is 2.81 bits per heavy atom. The van der Waals surface area contributed by atoms with Crippen LogP contribution in [-0.4, -0.2) is 38.3 Å². The van der Waals surface area contributed by atoms with Crippen molar-refractivity contribution >= 4 is 21.6 Å². The summed E-state index contributed by atoms with van der Waals surface area (Å²) >= 11 is 0. The van der Waals surface area contributed by atoms with E-state index in [1.807, 2.05) is 38.1 Å². The van der Waals surface area contributed by atoms with Crippen LogP contribution in [0.4, 0.5) is 5.69 Å². The number of nitrogens with zero attached hydrogens (tertiary/aromatic N) is 2. The number of sulfonamides is 1. The highest BCUT2D eigenvalue weighted by Crippen LogP contribution is 2.29. The van der Waals surface area contributed by atoms with Crippen molar-refractivity contribution in [2.24, 2.45) is 0 Å². The molecule has 8 heteroatoms. The SMILES string of the molecule is Cc1noc(C)c1CCC(=O)NCCS(=O)(=O)N1CCc2ccccc21. The van der Waals surface area contributed by atoms with Crippen LogP contribution in [-0.2, 0) is 27.7 Å². The number of amides is 1. The van der Waals surface area contributed by atoms with Crippen LogP contribution in [0.2, 0.25) is 0 Å². The molecule has 0 aliphatic carbocycles. The first-order valence-corrected chi connectivity index (χ1v) is 10.3. The van der Waals surface area contributed by atoms with Crippen LogP contribution < -0.4 is 9.62 Å². The lowest BCUT2D eigenvalue weighted by Gasteiger charge is -2.19. The van der Waals surface area contributed by atoms with Crippen LogP contribution in [0.15, 0.2) is 28.8 Å². The van der Waals surface area contributed by atoms with Crippen molar-refractivity contribution in [3.05, 3.63) is 46.8 Å². The first kappa shape index (κ1) is 18.4. The van der Waals surface area contributed by atoms with Gasteiger partial charge in [-0.3, -0.25) is 9.10 Å². The van der Waals surface area contributed by atoms with Crippen molar-refractivity contribution < 1.29 is 17.7 Å². The summed E-state index contributed by atoms with van der Waals surface area (Å²) in [5.74, 6) is 0.422. The van der Waals surface area contributed by atoms with Gasteiger partial charge in [-0.25, -0.2) is 8.42 Å². The lowest BCUT2D eigenvalue weighted by atomic mass is 10.1. The van der Waals surface area contributed by atoms with Gasteiger partial charge in [0.25, 0.3) is 0 Å². The van der Waals surface area contributed by atoms with Gasteiger partial charge in [0.2, 0.25) is 15.9 Å². The van der Waals surface area contributed by atoms with E-state index in [-0.39, 0.29) is 24.6 Å². The largest absolute Gasteiger partial charge is 0.361 e. The minimum atomic E-state index is -3.45. The maximum Gasteiger partial charge on any atom is 0.236 e. The van der Waals surface area contributed by atoms with E-state index in [2.05, 4.69) is 10.5 Å². The lowest BCUT2D eigenvalue weighted by Crippen LogP contribution is -2.37. The average molecular weight is 377 g/mol. The van der Waals surface area contributed by atoms with Gasteiger partial charge in [-0.1, -0.05) is 23.4 Å². The van der Waals surface area contributed by atoms with Crippen molar-refractivity contribution in [3.63, 3.8) is 0 Å².